The van der Waals surface area contributed by atoms with Crippen LogP contribution in [0.1, 0.15) is 50.5 Å². The van der Waals surface area contributed by atoms with E-state index in [0.717, 1.165) is 19.1 Å². The zero-order valence-electron chi connectivity index (χ0n) is 13.1. The van der Waals surface area contributed by atoms with Crippen molar-refractivity contribution < 1.29 is 0 Å². The lowest BCUT2D eigenvalue weighted by atomic mass is 9.98. The van der Waals surface area contributed by atoms with E-state index in [1.165, 1.54) is 44.2 Å². The first-order chi connectivity index (χ1) is 9.77. The number of benzene rings is 1. The molecule has 2 nitrogen and oxygen atoms in total. The molecule has 112 valence electrons. The van der Waals surface area contributed by atoms with Crippen LogP contribution in [-0.2, 0) is 0 Å². The van der Waals surface area contributed by atoms with Gasteiger partial charge in [0.15, 0.2) is 0 Å². The van der Waals surface area contributed by atoms with Crippen LogP contribution in [0.15, 0.2) is 30.3 Å². The molecule has 0 saturated carbocycles. The Morgan fingerprint density at radius 1 is 1.20 bits per heavy atom. The minimum absolute atomic E-state index is 0.654. The largest absolute Gasteiger partial charge is 0.317 e. The Morgan fingerprint density at radius 2 is 2.00 bits per heavy atom. The minimum Gasteiger partial charge on any atom is -0.317 e. The molecule has 0 bridgehead atoms. The Kier molecular flexibility index (Phi) is 6.55. The van der Waals surface area contributed by atoms with Crippen molar-refractivity contribution in [2.24, 2.45) is 0 Å². The lowest BCUT2D eigenvalue weighted by Crippen LogP contribution is -2.38. The maximum Gasteiger partial charge on any atom is 0.0104 e. The number of likely N-dealkylation sites (tertiary alicyclic amines) is 1. The summed E-state index contributed by atoms with van der Waals surface area (Å²) in [4.78, 5) is 2.54. The molecule has 1 N–H and O–H groups in total. The second-order valence-electron chi connectivity index (χ2n) is 6.27. The van der Waals surface area contributed by atoms with E-state index in [4.69, 9.17) is 0 Å². The van der Waals surface area contributed by atoms with Crippen molar-refractivity contribution in [1.29, 1.82) is 0 Å². The molecule has 0 amide bonds. The van der Waals surface area contributed by atoms with Gasteiger partial charge in [-0.25, -0.2) is 0 Å². The van der Waals surface area contributed by atoms with E-state index in [0.29, 0.717) is 5.92 Å². The number of piperidine rings is 1. The number of rotatable bonds is 7. The molecule has 2 atom stereocenters. The molecular weight excluding hydrogens is 244 g/mol. The highest BCUT2D eigenvalue weighted by molar-refractivity contribution is 5.18. The second-order valence-corrected chi connectivity index (χ2v) is 6.27. The summed E-state index contributed by atoms with van der Waals surface area (Å²) >= 11 is 0. The summed E-state index contributed by atoms with van der Waals surface area (Å²) in [6.07, 6.45) is 6.72. The third-order valence-corrected chi connectivity index (χ3v) is 4.70. The Morgan fingerprint density at radius 3 is 2.75 bits per heavy atom. The highest BCUT2D eigenvalue weighted by Gasteiger charge is 2.17. The van der Waals surface area contributed by atoms with Gasteiger partial charge in [-0.3, -0.25) is 0 Å². The van der Waals surface area contributed by atoms with E-state index in [1.807, 2.05) is 0 Å². The first kappa shape index (κ1) is 15.5. The summed E-state index contributed by atoms with van der Waals surface area (Å²) < 4.78 is 0. The molecule has 1 aliphatic rings. The van der Waals surface area contributed by atoms with E-state index >= 15 is 0 Å². The van der Waals surface area contributed by atoms with Crippen LogP contribution >= 0.6 is 0 Å². The third-order valence-electron chi connectivity index (χ3n) is 4.70. The molecule has 1 aromatic carbocycles. The lowest BCUT2D eigenvalue weighted by Gasteiger charge is -2.32. The van der Waals surface area contributed by atoms with Gasteiger partial charge in [0.1, 0.15) is 0 Å². The fraction of sp³-hybridized carbons (Fsp3) is 0.667. The average Bonchev–Trinajstić information content (AvgIpc) is 2.49. The van der Waals surface area contributed by atoms with Crippen molar-refractivity contribution in [1.82, 2.24) is 10.2 Å². The normalized spacial score (nSPS) is 21.8. The van der Waals surface area contributed by atoms with E-state index in [2.05, 4.69) is 54.5 Å². The average molecular weight is 274 g/mol. The van der Waals surface area contributed by atoms with Crippen molar-refractivity contribution in [2.75, 3.05) is 26.7 Å². The molecule has 20 heavy (non-hydrogen) atoms. The van der Waals surface area contributed by atoms with E-state index in [-0.39, 0.29) is 0 Å². The van der Waals surface area contributed by atoms with E-state index < -0.39 is 0 Å². The van der Waals surface area contributed by atoms with Gasteiger partial charge >= 0.3 is 0 Å². The summed E-state index contributed by atoms with van der Waals surface area (Å²) in [5.74, 6) is 0.654. The predicted molar refractivity (Wildman–Crippen MR) is 87.2 cm³/mol. The number of hydrogen-bond acceptors (Lipinski definition) is 2. The molecule has 2 rings (SSSR count). The smallest absolute Gasteiger partial charge is 0.0104 e. The van der Waals surface area contributed by atoms with Crippen molar-refractivity contribution in [3.05, 3.63) is 35.9 Å². The van der Waals surface area contributed by atoms with E-state index in [9.17, 15) is 0 Å². The maximum atomic E-state index is 3.63. The molecule has 0 radical (unpaired) electrons. The molecule has 1 aromatic rings. The van der Waals surface area contributed by atoms with Gasteiger partial charge in [-0.1, -0.05) is 43.7 Å². The number of nitrogens with zero attached hydrogens (tertiary/aromatic N) is 1. The van der Waals surface area contributed by atoms with Crippen LogP contribution in [0.25, 0.3) is 0 Å². The van der Waals surface area contributed by atoms with Crippen molar-refractivity contribution in [3.8, 4) is 0 Å². The molecule has 2 heteroatoms. The van der Waals surface area contributed by atoms with Crippen LogP contribution < -0.4 is 5.32 Å². The summed E-state index contributed by atoms with van der Waals surface area (Å²) in [6, 6.07) is 11.7. The fourth-order valence-corrected chi connectivity index (χ4v) is 3.17. The van der Waals surface area contributed by atoms with Gasteiger partial charge in [0, 0.05) is 6.04 Å². The molecule has 1 heterocycles. The van der Waals surface area contributed by atoms with Gasteiger partial charge in [0.2, 0.25) is 0 Å². The number of nitrogens with one attached hydrogen (secondary N) is 1. The Bertz CT molecular complexity index is 363. The molecule has 1 aliphatic heterocycles. The molecule has 1 fully saturated rings. The van der Waals surface area contributed by atoms with Crippen molar-refractivity contribution in [3.63, 3.8) is 0 Å². The van der Waals surface area contributed by atoms with Crippen LogP contribution in [0, 0.1) is 0 Å². The SMILES string of the molecule is CC(CCNCCC1CCCCN1C)c1ccccc1. The Hall–Kier alpha value is -0.860. The monoisotopic (exact) mass is 274 g/mol. The standard InChI is InChI=1S/C18H30N2/c1-16(17-8-4-3-5-9-17)11-13-19-14-12-18-10-6-7-15-20(18)2/h3-5,8-9,16,18-19H,6-7,10-15H2,1-2H3. The van der Waals surface area contributed by atoms with Gasteiger partial charge in [-0.05, 0) is 63.8 Å². The third kappa shape index (κ3) is 4.92. The summed E-state index contributed by atoms with van der Waals surface area (Å²) in [5, 5.41) is 3.63. The quantitative estimate of drug-likeness (QED) is 0.764. The first-order valence-electron chi connectivity index (χ1n) is 8.23. The highest BCUT2D eigenvalue weighted by Crippen LogP contribution is 2.18. The summed E-state index contributed by atoms with van der Waals surface area (Å²) in [7, 11) is 2.28. The minimum atomic E-state index is 0.654. The van der Waals surface area contributed by atoms with Gasteiger partial charge < -0.3 is 10.2 Å². The topological polar surface area (TPSA) is 15.3 Å². The maximum absolute atomic E-state index is 3.63. The Labute approximate surface area is 124 Å². The fourth-order valence-electron chi connectivity index (χ4n) is 3.17. The molecule has 0 spiro atoms. The van der Waals surface area contributed by atoms with Crippen molar-refractivity contribution in [2.45, 2.75) is 51.0 Å². The summed E-state index contributed by atoms with van der Waals surface area (Å²) in [5.41, 5.74) is 1.46. The second kappa shape index (κ2) is 8.43. The van der Waals surface area contributed by atoms with Crippen LogP contribution in [-0.4, -0.2) is 37.6 Å². The Balaban J connectivity index is 1.57. The molecule has 0 aliphatic carbocycles. The molecule has 2 unspecified atom stereocenters. The van der Waals surface area contributed by atoms with Gasteiger partial charge in [0.05, 0.1) is 0 Å². The molecule has 1 saturated heterocycles. The van der Waals surface area contributed by atoms with Gasteiger partial charge in [0.25, 0.3) is 0 Å². The molecule has 0 aromatic heterocycles. The summed E-state index contributed by atoms with van der Waals surface area (Å²) in [6.45, 7) is 5.91. The zero-order valence-corrected chi connectivity index (χ0v) is 13.1. The molecular formula is C18H30N2. The predicted octanol–water partition coefficient (Wildman–Crippen LogP) is 3.64. The zero-order chi connectivity index (χ0) is 14.2. The van der Waals surface area contributed by atoms with Crippen LogP contribution in [0.5, 0.6) is 0 Å². The lowest BCUT2D eigenvalue weighted by molar-refractivity contribution is 0.175. The van der Waals surface area contributed by atoms with Crippen LogP contribution in [0.4, 0.5) is 0 Å². The number of hydrogen-bond donors (Lipinski definition) is 1. The van der Waals surface area contributed by atoms with Crippen LogP contribution in [0.2, 0.25) is 0 Å². The highest BCUT2D eigenvalue weighted by atomic mass is 15.1. The van der Waals surface area contributed by atoms with Gasteiger partial charge in [-0.15, -0.1) is 0 Å². The van der Waals surface area contributed by atoms with E-state index in [1.54, 1.807) is 0 Å². The van der Waals surface area contributed by atoms with Crippen molar-refractivity contribution >= 4 is 0 Å². The van der Waals surface area contributed by atoms with Crippen LogP contribution in [0.3, 0.4) is 0 Å². The first-order valence-corrected chi connectivity index (χ1v) is 8.23. The van der Waals surface area contributed by atoms with Gasteiger partial charge in [-0.2, -0.15) is 0 Å².